The largest absolute Gasteiger partial charge is 0.429 e. The molecule has 4 rings (SSSR count). The Labute approximate surface area is 198 Å². The maximum Gasteiger partial charge on any atom is 0.364 e. The topological polar surface area (TPSA) is 106 Å². The number of nitro groups is 1. The highest BCUT2D eigenvalue weighted by Gasteiger charge is 2.27. The number of hydrogen-bond donors (Lipinski definition) is 0. The number of rotatable bonds is 8. The molecule has 10 heteroatoms. The molecular weight excluding hydrogens is 477 g/mol. The molecule has 1 atom stereocenters. The summed E-state index contributed by atoms with van der Waals surface area (Å²) >= 11 is 2.43. The summed E-state index contributed by atoms with van der Waals surface area (Å²) in [4.78, 5) is 16.0. The number of non-ortho nitro benzene ring substituents is 1. The number of fused-ring (bicyclic) bond motifs is 2. The molecule has 0 aliphatic rings. The van der Waals surface area contributed by atoms with Crippen molar-refractivity contribution < 1.29 is 14.0 Å². The molecule has 166 valence electrons. The molecule has 0 aliphatic carbocycles. The fraction of sp³-hybridized carbons (Fsp3) is 0.130. The molecule has 1 aromatic heterocycles. The highest BCUT2D eigenvalue weighted by molar-refractivity contribution is 8.89. The summed E-state index contributed by atoms with van der Waals surface area (Å²) in [6.45, 7) is 2.01. The van der Waals surface area contributed by atoms with Gasteiger partial charge in [-0.3, -0.25) is 14.7 Å². The summed E-state index contributed by atoms with van der Waals surface area (Å²) in [5.74, 6) is -2.11. The van der Waals surface area contributed by atoms with Crippen molar-refractivity contribution in [3.05, 3.63) is 82.4 Å². The lowest BCUT2D eigenvalue weighted by Crippen LogP contribution is -1.91. The third-order valence-electron chi connectivity index (χ3n) is 4.64. The van der Waals surface area contributed by atoms with Crippen molar-refractivity contribution in [1.29, 1.82) is 5.26 Å². The molecule has 3 aromatic carbocycles. The van der Waals surface area contributed by atoms with Crippen molar-refractivity contribution in [1.82, 2.24) is 4.98 Å². The van der Waals surface area contributed by atoms with E-state index in [9.17, 15) is 14.7 Å². The molecule has 0 fully saturated rings. The van der Waals surface area contributed by atoms with E-state index < -0.39 is 10.7 Å². The van der Waals surface area contributed by atoms with Crippen LogP contribution in [0.2, 0.25) is 0 Å². The summed E-state index contributed by atoms with van der Waals surface area (Å²) in [5, 5.41) is 21.5. The maximum atomic E-state index is 13.7. The van der Waals surface area contributed by atoms with E-state index in [1.54, 1.807) is 48.5 Å². The van der Waals surface area contributed by atoms with Gasteiger partial charge in [-0.1, -0.05) is 6.92 Å². The van der Waals surface area contributed by atoms with Gasteiger partial charge in [-0.25, -0.2) is 4.98 Å². The van der Waals surface area contributed by atoms with Crippen molar-refractivity contribution in [2.45, 2.75) is 18.2 Å². The molecule has 0 saturated heterocycles. The first kappa shape index (κ1) is 23.1. The highest BCUT2D eigenvalue weighted by atomic mass is 33.1. The first-order chi connectivity index (χ1) is 15.9. The fourth-order valence-corrected chi connectivity index (χ4v) is 9.76. The molecule has 0 bridgehead atoms. The Hall–Kier alpha value is -3.05. The van der Waals surface area contributed by atoms with Crippen LogP contribution in [-0.4, -0.2) is 15.7 Å². The second-order valence-corrected chi connectivity index (χ2v) is 14.4. The molecule has 1 unspecified atom stereocenters. The van der Waals surface area contributed by atoms with Gasteiger partial charge in [0.1, 0.15) is 5.75 Å². The Bertz CT molecular complexity index is 1440. The minimum Gasteiger partial charge on any atom is -0.429 e. The number of nitriles is 1. The molecule has 0 amide bonds. The standard InChI is InChI=1S/C23H18N3O4PS2/c1-2-11-32-31(29,33-21-7-3-16(15-24)4-8-21)30-20-6-10-23-18(14-20)12-17-13-19(26(27)28)5-9-22(17)25-23/h3-10,12-14H,2,11H2,1H3. The van der Waals surface area contributed by atoms with Gasteiger partial charge in [0.05, 0.1) is 27.6 Å². The number of benzene rings is 3. The number of nitro benzene ring substituents is 1. The van der Waals surface area contributed by atoms with Crippen molar-refractivity contribution in [3.8, 4) is 11.8 Å². The van der Waals surface area contributed by atoms with Crippen molar-refractivity contribution in [2.75, 3.05) is 5.75 Å². The first-order valence-corrected chi connectivity index (χ1v) is 14.7. The smallest absolute Gasteiger partial charge is 0.364 e. The Morgan fingerprint density at radius 2 is 1.76 bits per heavy atom. The molecule has 1 heterocycles. The van der Waals surface area contributed by atoms with Gasteiger partial charge in [-0.2, -0.15) is 5.26 Å². The zero-order valence-electron chi connectivity index (χ0n) is 17.5. The van der Waals surface area contributed by atoms with Gasteiger partial charge in [-0.05, 0) is 83.8 Å². The van der Waals surface area contributed by atoms with Crippen LogP contribution >= 0.6 is 28.5 Å². The van der Waals surface area contributed by atoms with Crippen LogP contribution in [0.3, 0.4) is 0 Å². The summed E-state index contributed by atoms with van der Waals surface area (Å²) < 4.78 is 19.7. The lowest BCUT2D eigenvalue weighted by molar-refractivity contribution is -0.384. The van der Waals surface area contributed by atoms with E-state index in [4.69, 9.17) is 9.79 Å². The lowest BCUT2D eigenvalue weighted by Gasteiger charge is -2.18. The zero-order valence-corrected chi connectivity index (χ0v) is 20.0. The Morgan fingerprint density at radius 1 is 1.06 bits per heavy atom. The molecule has 0 saturated carbocycles. The van der Waals surface area contributed by atoms with Crippen LogP contribution in [0.1, 0.15) is 18.9 Å². The van der Waals surface area contributed by atoms with Gasteiger partial charge in [0.25, 0.3) is 5.69 Å². The van der Waals surface area contributed by atoms with E-state index in [0.717, 1.165) is 28.1 Å². The fourth-order valence-electron chi connectivity index (χ4n) is 3.10. The van der Waals surface area contributed by atoms with Crippen LogP contribution in [0, 0.1) is 21.4 Å². The zero-order chi connectivity index (χ0) is 23.4. The average Bonchev–Trinajstić information content (AvgIpc) is 2.81. The van der Waals surface area contributed by atoms with E-state index in [-0.39, 0.29) is 5.69 Å². The minimum absolute atomic E-state index is 0.00432. The van der Waals surface area contributed by atoms with Crippen LogP contribution in [0.5, 0.6) is 5.75 Å². The Morgan fingerprint density at radius 3 is 2.42 bits per heavy atom. The lowest BCUT2D eigenvalue weighted by atomic mass is 10.1. The summed E-state index contributed by atoms with van der Waals surface area (Å²) in [6, 6.07) is 20.6. The average molecular weight is 496 g/mol. The van der Waals surface area contributed by atoms with E-state index in [1.807, 2.05) is 13.0 Å². The number of pyridine rings is 1. The van der Waals surface area contributed by atoms with E-state index >= 15 is 0 Å². The van der Waals surface area contributed by atoms with Gasteiger partial charge in [0.15, 0.2) is 0 Å². The molecule has 0 radical (unpaired) electrons. The Kier molecular flexibility index (Phi) is 6.89. The summed E-state index contributed by atoms with van der Waals surface area (Å²) in [6.07, 6.45) is 0.846. The van der Waals surface area contributed by atoms with E-state index in [2.05, 4.69) is 11.1 Å². The monoisotopic (exact) mass is 495 g/mol. The van der Waals surface area contributed by atoms with Gasteiger partial charge < -0.3 is 4.52 Å². The predicted molar refractivity (Wildman–Crippen MR) is 134 cm³/mol. The van der Waals surface area contributed by atoms with Gasteiger partial charge >= 0.3 is 5.77 Å². The van der Waals surface area contributed by atoms with Crippen LogP contribution in [0.25, 0.3) is 21.8 Å². The van der Waals surface area contributed by atoms with Crippen LogP contribution < -0.4 is 4.52 Å². The Balaban J connectivity index is 1.66. The van der Waals surface area contributed by atoms with Crippen molar-refractivity contribution >= 4 is 56.0 Å². The van der Waals surface area contributed by atoms with E-state index in [1.165, 1.54) is 23.5 Å². The van der Waals surface area contributed by atoms with E-state index in [0.29, 0.717) is 33.5 Å². The van der Waals surface area contributed by atoms with Crippen LogP contribution in [0.4, 0.5) is 5.69 Å². The number of nitrogens with zero attached hydrogens (tertiary/aromatic N) is 3. The maximum absolute atomic E-state index is 13.7. The number of hydrogen-bond acceptors (Lipinski definition) is 8. The SMILES string of the molecule is CCCSP(=O)(Oc1ccc2nc3ccc([N+](=O)[O-])cc3cc2c1)Sc1ccc(C#N)cc1. The molecule has 0 aliphatic heterocycles. The molecular formula is C23H18N3O4PS2. The third kappa shape index (κ3) is 5.48. The molecule has 0 spiro atoms. The molecule has 4 aromatic rings. The van der Waals surface area contributed by atoms with Crippen LogP contribution in [0.15, 0.2) is 71.6 Å². The van der Waals surface area contributed by atoms with Crippen LogP contribution in [-0.2, 0) is 4.57 Å². The number of aromatic nitrogens is 1. The third-order valence-corrected chi connectivity index (χ3v) is 11.6. The molecule has 33 heavy (non-hydrogen) atoms. The summed E-state index contributed by atoms with van der Waals surface area (Å²) in [5.41, 5.74) is 1.89. The highest BCUT2D eigenvalue weighted by Crippen LogP contribution is 2.71. The van der Waals surface area contributed by atoms with Crippen molar-refractivity contribution in [2.24, 2.45) is 0 Å². The molecule has 0 N–H and O–H groups in total. The van der Waals surface area contributed by atoms with Gasteiger partial charge in [0.2, 0.25) is 0 Å². The second kappa shape index (κ2) is 9.84. The quantitative estimate of drug-likeness (QED) is 0.106. The molecule has 7 nitrogen and oxygen atoms in total. The minimum atomic E-state index is -3.21. The second-order valence-electron chi connectivity index (χ2n) is 7.08. The predicted octanol–water partition coefficient (Wildman–Crippen LogP) is 7.59. The first-order valence-electron chi connectivity index (χ1n) is 10.0. The van der Waals surface area contributed by atoms with Gasteiger partial charge in [-0.15, -0.1) is 0 Å². The van der Waals surface area contributed by atoms with Gasteiger partial charge in [0, 0.05) is 33.6 Å². The summed E-state index contributed by atoms with van der Waals surface area (Å²) in [7, 11) is 0. The van der Waals surface area contributed by atoms with Crippen molar-refractivity contribution in [3.63, 3.8) is 0 Å². The normalized spacial score (nSPS) is 12.8.